The molecule has 2 aromatic carbocycles. The topological polar surface area (TPSA) is 18.5 Å². The van der Waals surface area contributed by atoms with Crippen LogP contribution in [0.1, 0.15) is 11.1 Å². The summed E-state index contributed by atoms with van der Waals surface area (Å²) in [6, 6.07) is 14.0. The Morgan fingerprint density at radius 1 is 1.06 bits per heavy atom. The van der Waals surface area contributed by atoms with E-state index in [4.69, 9.17) is 9.47 Å². The first-order valence-corrected chi connectivity index (χ1v) is 6.51. The molecule has 0 aliphatic rings. The molecule has 0 radical (unpaired) electrons. The molecule has 0 fully saturated rings. The van der Waals surface area contributed by atoms with Crippen LogP contribution in [-0.2, 0) is 6.61 Å². The van der Waals surface area contributed by atoms with Gasteiger partial charge >= 0.3 is 0 Å². The maximum Gasteiger partial charge on any atom is 0.134 e. The summed E-state index contributed by atoms with van der Waals surface area (Å²) in [6.45, 7) is 2.56. The van der Waals surface area contributed by atoms with Crippen molar-refractivity contribution in [1.29, 1.82) is 0 Å². The minimum absolute atomic E-state index is 0.561. The first-order chi connectivity index (χ1) is 8.70. The van der Waals surface area contributed by atoms with E-state index in [-0.39, 0.29) is 0 Å². The van der Waals surface area contributed by atoms with E-state index in [1.54, 1.807) is 7.11 Å². The van der Waals surface area contributed by atoms with Gasteiger partial charge in [-0.3, -0.25) is 0 Å². The second kappa shape index (κ2) is 5.91. The summed E-state index contributed by atoms with van der Waals surface area (Å²) in [5.74, 6) is 1.69. The Bertz CT molecular complexity index is 524. The van der Waals surface area contributed by atoms with Crippen molar-refractivity contribution in [2.24, 2.45) is 0 Å². The van der Waals surface area contributed by atoms with Crippen molar-refractivity contribution < 1.29 is 9.47 Å². The third kappa shape index (κ3) is 3.05. The molecule has 2 aromatic rings. The van der Waals surface area contributed by atoms with Crippen molar-refractivity contribution in [3.8, 4) is 11.5 Å². The molecule has 0 unspecified atom stereocenters. The number of benzene rings is 2. The Labute approximate surface area is 116 Å². The third-order valence-corrected chi connectivity index (χ3v) is 3.31. The SMILES string of the molecule is COc1cc(Br)c(OCc2ccccc2)cc1C. The molecule has 94 valence electrons. The highest BCUT2D eigenvalue weighted by atomic mass is 79.9. The number of halogens is 1. The number of aryl methyl sites for hydroxylation is 1. The molecule has 0 saturated carbocycles. The van der Waals surface area contributed by atoms with E-state index in [2.05, 4.69) is 15.9 Å². The summed E-state index contributed by atoms with van der Waals surface area (Å²) >= 11 is 3.49. The van der Waals surface area contributed by atoms with Crippen LogP contribution in [0.3, 0.4) is 0 Å². The van der Waals surface area contributed by atoms with Crippen molar-refractivity contribution in [2.45, 2.75) is 13.5 Å². The van der Waals surface area contributed by atoms with Crippen LogP contribution >= 0.6 is 15.9 Å². The number of rotatable bonds is 4. The molecule has 0 aromatic heterocycles. The first kappa shape index (κ1) is 13.0. The van der Waals surface area contributed by atoms with Gasteiger partial charge in [-0.15, -0.1) is 0 Å². The van der Waals surface area contributed by atoms with Crippen LogP contribution in [0.5, 0.6) is 11.5 Å². The number of ether oxygens (including phenoxy) is 2. The molecule has 0 N–H and O–H groups in total. The highest BCUT2D eigenvalue weighted by molar-refractivity contribution is 9.10. The Morgan fingerprint density at radius 3 is 2.44 bits per heavy atom. The molecule has 0 aliphatic carbocycles. The van der Waals surface area contributed by atoms with Crippen LogP contribution < -0.4 is 9.47 Å². The fourth-order valence-corrected chi connectivity index (χ4v) is 2.14. The molecule has 2 rings (SSSR count). The Balaban J connectivity index is 2.13. The number of methoxy groups -OCH3 is 1. The molecule has 0 saturated heterocycles. The van der Waals surface area contributed by atoms with Crippen molar-refractivity contribution >= 4 is 15.9 Å². The minimum atomic E-state index is 0.561. The number of hydrogen-bond donors (Lipinski definition) is 0. The molecule has 0 heterocycles. The zero-order chi connectivity index (χ0) is 13.0. The summed E-state index contributed by atoms with van der Waals surface area (Å²) in [4.78, 5) is 0. The second-order valence-electron chi connectivity index (χ2n) is 4.03. The van der Waals surface area contributed by atoms with E-state index in [1.165, 1.54) is 0 Å². The normalized spacial score (nSPS) is 10.2. The summed E-state index contributed by atoms with van der Waals surface area (Å²) in [6.07, 6.45) is 0. The van der Waals surface area contributed by atoms with E-state index in [9.17, 15) is 0 Å². The van der Waals surface area contributed by atoms with Crippen molar-refractivity contribution in [2.75, 3.05) is 7.11 Å². The van der Waals surface area contributed by atoms with Gasteiger partial charge in [0.15, 0.2) is 0 Å². The molecule has 2 nitrogen and oxygen atoms in total. The molecule has 0 aliphatic heterocycles. The fourth-order valence-electron chi connectivity index (χ4n) is 1.70. The highest BCUT2D eigenvalue weighted by Crippen LogP contribution is 2.32. The lowest BCUT2D eigenvalue weighted by Crippen LogP contribution is -1.97. The lowest BCUT2D eigenvalue weighted by atomic mass is 10.2. The predicted octanol–water partition coefficient (Wildman–Crippen LogP) is 4.35. The van der Waals surface area contributed by atoms with E-state index < -0.39 is 0 Å². The monoisotopic (exact) mass is 306 g/mol. The van der Waals surface area contributed by atoms with E-state index >= 15 is 0 Å². The number of hydrogen-bond acceptors (Lipinski definition) is 2. The summed E-state index contributed by atoms with van der Waals surface area (Å²) in [5.41, 5.74) is 2.21. The minimum Gasteiger partial charge on any atom is -0.496 e. The zero-order valence-corrected chi connectivity index (χ0v) is 12.0. The largest absolute Gasteiger partial charge is 0.496 e. The van der Waals surface area contributed by atoms with Crippen molar-refractivity contribution in [3.05, 3.63) is 58.1 Å². The van der Waals surface area contributed by atoms with E-state index in [0.29, 0.717) is 6.61 Å². The van der Waals surface area contributed by atoms with Crippen LogP contribution in [0.25, 0.3) is 0 Å². The fraction of sp³-hybridized carbons (Fsp3) is 0.200. The molecular formula is C15H15BrO2. The summed E-state index contributed by atoms with van der Waals surface area (Å²) in [7, 11) is 1.67. The molecule has 0 atom stereocenters. The van der Waals surface area contributed by atoms with Gasteiger partial charge in [0.25, 0.3) is 0 Å². The van der Waals surface area contributed by atoms with Gasteiger partial charge in [-0.25, -0.2) is 0 Å². The molecule has 3 heteroatoms. The van der Waals surface area contributed by atoms with Gasteiger partial charge in [-0.05, 0) is 46.1 Å². The quantitative estimate of drug-likeness (QED) is 0.836. The van der Waals surface area contributed by atoms with Gasteiger partial charge in [0.2, 0.25) is 0 Å². The van der Waals surface area contributed by atoms with Crippen molar-refractivity contribution in [1.82, 2.24) is 0 Å². The predicted molar refractivity (Wildman–Crippen MR) is 76.2 cm³/mol. The maximum absolute atomic E-state index is 5.80. The van der Waals surface area contributed by atoms with Gasteiger partial charge < -0.3 is 9.47 Å². The van der Waals surface area contributed by atoms with Crippen LogP contribution in [-0.4, -0.2) is 7.11 Å². The summed E-state index contributed by atoms with van der Waals surface area (Å²) < 4.78 is 12.0. The smallest absolute Gasteiger partial charge is 0.134 e. The molecule has 0 spiro atoms. The molecular weight excluding hydrogens is 292 g/mol. The van der Waals surface area contributed by atoms with Crippen molar-refractivity contribution in [3.63, 3.8) is 0 Å². The van der Waals surface area contributed by atoms with E-state index in [0.717, 1.165) is 27.1 Å². The Hall–Kier alpha value is -1.48. The van der Waals surface area contributed by atoms with Gasteiger partial charge in [0, 0.05) is 0 Å². The highest BCUT2D eigenvalue weighted by Gasteiger charge is 2.07. The van der Waals surface area contributed by atoms with Gasteiger partial charge in [0.05, 0.1) is 11.6 Å². The second-order valence-corrected chi connectivity index (χ2v) is 4.88. The standard InChI is InChI=1S/C15H15BrO2/c1-11-8-15(13(16)9-14(11)17-2)18-10-12-6-4-3-5-7-12/h3-9H,10H2,1-2H3. The third-order valence-electron chi connectivity index (χ3n) is 2.69. The van der Waals surface area contributed by atoms with Gasteiger partial charge in [0.1, 0.15) is 18.1 Å². The Kier molecular flexibility index (Phi) is 4.26. The molecule has 18 heavy (non-hydrogen) atoms. The van der Waals surface area contributed by atoms with Gasteiger partial charge in [-0.1, -0.05) is 30.3 Å². The van der Waals surface area contributed by atoms with Gasteiger partial charge in [-0.2, -0.15) is 0 Å². The van der Waals surface area contributed by atoms with E-state index in [1.807, 2.05) is 49.4 Å². The summed E-state index contributed by atoms with van der Waals surface area (Å²) in [5, 5.41) is 0. The average Bonchev–Trinajstić information content (AvgIpc) is 2.40. The first-order valence-electron chi connectivity index (χ1n) is 5.71. The molecule has 0 amide bonds. The van der Waals surface area contributed by atoms with Crippen LogP contribution in [0, 0.1) is 6.92 Å². The molecule has 0 bridgehead atoms. The van der Waals surface area contributed by atoms with Crippen LogP contribution in [0.15, 0.2) is 46.9 Å². The zero-order valence-electron chi connectivity index (χ0n) is 10.4. The Morgan fingerprint density at radius 2 is 1.78 bits per heavy atom. The lowest BCUT2D eigenvalue weighted by molar-refractivity contribution is 0.303. The lowest BCUT2D eigenvalue weighted by Gasteiger charge is -2.11. The van der Waals surface area contributed by atoms with Crippen LogP contribution in [0.4, 0.5) is 0 Å². The maximum atomic E-state index is 5.80. The van der Waals surface area contributed by atoms with Crippen LogP contribution in [0.2, 0.25) is 0 Å². The average molecular weight is 307 g/mol.